The third-order valence-corrected chi connectivity index (χ3v) is 7.47. The maximum Gasteiger partial charge on any atom is 0.272 e. The van der Waals surface area contributed by atoms with Crippen molar-refractivity contribution in [1.82, 2.24) is 4.98 Å². The van der Waals surface area contributed by atoms with E-state index in [-0.39, 0.29) is 45.6 Å². The number of hydrogen-bond acceptors (Lipinski definition) is 5. The first-order valence-corrected chi connectivity index (χ1v) is 12.8. The molecule has 1 heterocycles. The summed E-state index contributed by atoms with van der Waals surface area (Å²) in [4.78, 5) is 4.01. The summed E-state index contributed by atoms with van der Waals surface area (Å²) in [5, 5.41) is 0.275. The van der Waals surface area contributed by atoms with Crippen LogP contribution < -0.4 is 13.8 Å². The van der Waals surface area contributed by atoms with Crippen molar-refractivity contribution < 1.29 is 26.7 Å². The number of aromatic nitrogens is 1. The number of halogens is 3. The van der Waals surface area contributed by atoms with Crippen molar-refractivity contribution in [2.24, 2.45) is 0 Å². The second kappa shape index (κ2) is 11.0. The first kappa shape index (κ1) is 26.2. The highest BCUT2D eigenvalue weighted by Crippen LogP contribution is 2.34. The molecule has 0 saturated heterocycles. The summed E-state index contributed by atoms with van der Waals surface area (Å²) in [5.41, 5.74) is 0.682. The Morgan fingerprint density at radius 3 is 2.38 bits per heavy atom. The minimum Gasteiger partial charge on any atom is -0.492 e. The molecule has 0 bridgehead atoms. The van der Waals surface area contributed by atoms with Gasteiger partial charge in [0.05, 0.1) is 32.1 Å². The van der Waals surface area contributed by atoms with Crippen molar-refractivity contribution in [2.75, 3.05) is 18.5 Å². The lowest BCUT2D eigenvalue weighted by Gasteiger charge is -2.26. The standard InChI is InChI=1S/C27H21ClF2N2O4S/c1-35-26-12-10-21(16-27(26)36-2)37(33,34)32(17-20-6-3-4-13-31-20)25-11-9-19(28)14-18(25)15-22-23(29)7-5-8-24(22)30/h3-9,11,13-14,16H,15,17H2,1-2H3. The summed E-state index contributed by atoms with van der Waals surface area (Å²) in [6, 6.07) is 19.6. The molecular weight excluding hydrogens is 522 g/mol. The molecule has 0 unspecified atom stereocenters. The van der Waals surface area contributed by atoms with E-state index in [9.17, 15) is 17.2 Å². The summed E-state index contributed by atoms with van der Waals surface area (Å²) in [7, 11) is -1.55. The first-order valence-electron chi connectivity index (χ1n) is 10.9. The number of rotatable bonds is 9. The molecule has 0 N–H and O–H groups in total. The van der Waals surface area contributed by atoms with Crippen LogP contribution in [0.15, 0.2) is 71.8 Å². The Balaban J connectivity index is 1.89. The number of sulfonamides is 1. The van der Waals surface area contributed by atoms with Crippen LogP contribution in [0.1, 0.15) is 16.8 Å². The highest BCUT2D eigenvalue weighted by molar-refractivity contribution is 7.92. The van der Waals surface area contributed by atoms with Gasteiger partial charge in [-0.1, -0.05) is 23.7 Å². The number of hydrogen-bond donors (Lipinski definition) is 0. The van der Waals surface area contributed by atoms with E-state index in [2.05, 4.69) is 17.1 Å². The molecule has 0 spiro atoms. The van der Waals surface area contributed by atoms with Crippen LogP contribution in [0.4, 0.5) is 14.5 Å². The first-order chi connectivity index (χ1) is 17.7. The quantitative estimate of drug-likeness (QED) is 0.275. The zero-order valence-electron chi connectivity index (χ0n) is 19.8. The average molecular weight is 543 g/mol. The number of pyridine rings is 1. The van der Waals surface area contributed by atoms with Crippen LogP contribution >= 0.6 is 11.6 Å². The second-order valence-corrected chi connectivity index (χ2v) is 10.1. The highest BCUT2D eigenvalue weighted by atomic mass is 35.5. The van der Waals surface area contributed by atoms with Crippen molar-refractivity contribution in [3.8, 4) is 11.5 Å². The molecule has 3 aromatic carbocycles. The van der Waals surface area contributed by atoms with Gasteiger partial charge in [0, 0.05) is 29.3 Å². The van der Waals surface area contributed by atoms with Crippen molar-refractivity contribution in [3.05, 3.63) is 112 Å². The van der Waals surface area contributed by atoms with Crippen LogP contribution in [0.2, 0.25) is 5.02 Å². The number of nitrogens with zero attached hydrogens (tertiary/aromatic N) is 2. The van der Waals surface area contributed by atoms with Crippen LogP contribution in [0.3, 0.4) is 0 Å². The Kier molecular flexibility index (Phi) is 7.81. The zero-order valence-corrected chi connectivity index (χ0v) is 21.4. The van der Waals surface area contributed by atoms with Gasteiger partial charge in [0.25, 0.3) is 10.0 Å². The minimum absolute atomic E-state index is 0.141. The van der Waals surface area contributed by atoms with Gasteiger partial charge in [0.15, 0.2) is 5.75 Å². The zero-order chi connectivity index (χ0) is 26.6. The second-order valence-electron chi connectivity index (χ2n) is 7.84. The summed E-state index contributed by atoms with van der Waals surface area (Å²) in [6.45, 7) is -0.181. The molecule has 0 aliphatic heterocycles. The molecule has 1 aromatic heterocycles. The maximum atomic E-state index is 14.5. The number of methoxy groups -OCH3 is 2. The average Bonchev–Trinajstić information content (AvgIpc) is 2.90. The Bertz CT molecular complexity index is 1500. The summed E-state index contributed by atoms with van der Waals surface area (Å²) >= 11 is 6.22. The number of anilines is 1. The molecule has 4 aromatic rings. The summed E-state index contributed by atoms with van der Waals surface area (Å²) in [6.07, 6.45) is 1.29. The van der Waals surface area contributed by atoms with Crippen molar-refractivity contribution in [1.29, 1.82) is 0 Å². The van der Waals surface area contributed by atoms with Crippen LogP contribution in [-0.2, 0) is 23.0 Å². The fourth-order valence-corrected chi connectivity index (χ4v) is 5.34. The molecule has 190 valence electrons. The van der Waals surface area contributed by atoms with Crippen molar-refractivity contribution >= 4 is 27.3 Å². The van der Waals surface area contributed by atoms with E-state index in [0.717, 1.165) is 16.4 Å². The third-order valence-electron chi connectivity index (χ3n) is 5.55. The van der Waals surface area contributed by atoms with E-state index in [4.69, 9.17) is 21.1 Å². The van der Waals surface area contributed by atoms with Gasteiger partial charge in [0.2, 0.25) is 5.75 Å². The van der Waals surface area contributed by atoms with Gasteiger partial charge >= 0.3 is 0 Å². The van der Waals surface area contributed by atoms with E-state index in [0.29, 0.717) is 11.3 Å². The van der Waals surface area contributed by atoms with Gasteiger partial charge in [-0.15, -0.1) is 0 Å². The molecular formula is C27H21ClF2N2O4S. The molecule has 0 atom stereocenters. The van der Waals surface area contributed by atoms with E-state index >= 15 is 0 Å². The third kappa shape index (κ3) is 5.61. The van der Waals surface area contributed by atoms with Gasteiger partial charge in [-0.2, -0.15) is 0 Å². The highest BCUT2D eigenvalue weighted by Gasteiger charge is 2.29. The summed E-state index contributed by atoms with van der Waals surface area (Å²) < 4.78 is 68.5. The molecule has 4 rings (SSSR count). The van der Waals surface area contributed by atoms with Crippen LogP contribution in [0, 0.1) is 23.8 Å². The van der Waals surface area contributed by atoms with Crippen molar-refractivity contribution in [2.45, 2.75) is 17.9 Å². The van der Waals surface area contributed by atoms with Crippen LogP contribution in [-0.4, -0.2) is 27.6 Å². The predicted molar refractivity (Wildman–Crippen MR) is 135 cm³/mol. The topological polar surface area (TPSA) is 68.7 Å². The molecule has 0 fully saturated rings. The number of benzene rings is 2. The smallest absolute Gasteiger partial charge is 0.272 e. The fraction of sp³-hybridized carbons (Fsp3) is 0.148. The van der Waals surface area contributed by atoms with E-state index < -0.39 is 21.7 Å². The lowest BCUT2D eigenvalue weighted by atomic mass is 10.0. The molecule has 37 heavy (non-hydrogen) atoms. The van der Waals surface area contributed by atoms with E-state index in [1.54, 1.807) is 18.2 Å². The van der Waals surface area contributed by atoms with Gasteiger partial charge < -0.3 is 9.47 Å². The van der Waals surface area contributed by atoms with Crippen molar-refractivity contribution in [3.63, 3.8) is 0 Å². The Hall–Kier alpha value is -3.87. The lowest BCUT2D eigenvalue weighted by Crippen LogP contribution is -2.32. The Labute approximate surface area is 219 Å². The van der Waals surface area contributed by atoms with E-state index in [1.807, 2.05) is 0 Å². The monoisotopic (exact) mass is 542 g/mol. The maximum absolute atomic E-state index is 14.5. The molecule has 0 saturated carbocycles. The fourth-order valence-electron chi connectivity index (χ4n) is 3.73. The molecule has 10 heteroatoms. The number of ether oxygens (including phenoxy) is 2. The minimum atomic E-state index is -4.32. The normalized spacial score (nSPS) is 11.1. The van der Waals surface area contributed by atoms with Gasteiger partial charge in [-0.25, -0.2) is 17.2 Å². The predicted octanol–water partition coefficient (Wildman–Crippen LogP) is 5.62. The molecule has 0 aliphatic rings. The molecule has 0 radical (unpaired) electrons. The van der Waals surface area contributed by atoms with Crippen LogP contribution in [0.5, 0.6) is 11.5 Å². The van der Waals surface area contributed by atoms with Gasteiger partial charge in [0.1, 0.15) is 16.5 Å². The lowest BCUT2D eigenvalue weighted by molar-refractivity contribution is 0.354. The summed E-state index contributed by atoms with van der Waals surface area (Å²) in [5.74, 6) is -1.19. The molecule has 0 aliphatic carbocycles. The molecule has 0 amide bonds. The van der Waals surface area contributed by atoms with Crippen LogP contribution in [0.25, 0.3) is 0 Å². The SMILES string of the molecule is COc1c#cc(S(=O)(=O)N(Cc2ccccn2)c2ccc(Cl)cc2Cc2c(F)cccc2F)cc1OC. The Morgan fingerprint density at radius 2 is 1.73 bits per heavy atom. The largest absolute Gasteiger partial charge is 0.492 e. The van der Waals surface area contributed by atoms with Gasteiger partial charge in [-0.3, -0.25) is 9.29 Å². The Morgan fingerprint density at radius 1 is 0.973 bits per heavy atom. The molecule has 6 nitrogen and oxygen atoms in total. The van der Waals surface area contributed by atoms with E-state index in [1.165, 1.54) is 50.7 Å². The van der Waals surface area contributed by atoms with Gasteiger partial charge in [-0.05, 0) is 60.2 Å².